The minimum Gasteiger partial charge on any atom is -0.339 e. The molecular weight excluding hydrogens is 408 g/mol. The maximum Gasteiger partial charge on any atom is 0.246 e. The molecule has 3 aromatic heterocycles. The Hall–Kier alpha value is -3.13. The van der Waals surface area contributed by atoms with Gasteiger partial charge in [0.25, 0.3) is 0 Å². The molecule has 1 aliphatic heterocycles. The van der Waals surface area contributed by atoms with Gasteiger partial charge in [0.1, 0.15) is 18.0 Å². The van der Waals surface area contributed by atoms with Gasteiger partial charge in [0.05, 0.1) is 10.7 Å². The molecule has 1 amide bonds. The van der Waals surface area contributed by atoms with Gasteiger partial charge in [0.2, 0.25) is 5.91 Å². The lowest BCUT2D eigenvalue weighted by atomic mass is 9.93. The van der Waals surface area contributed by atoms with Gasteiger partial charge in [0.15, 0.2) is 0 Å². The van der Waals surface area contributed by atoms with Gasteiger partial charge >= 0.3 is 0 Å². The number of thiazole rings is 1. The van der Waals surface area contributed by atoms with Crippen LogP contribution in [0, 0.1) is 19.8 Å². The number of hydrogen-bond donors (Lipinski definition) is 1. The molecule has 7 nitrogen and oxygen atoms in total. The van der Waals surface area contributed by atoms with Gasteiger partial charge in [-0.2, -0.15) is 0 Å². The van der Waals surface area contributed by atoms with E-state index >= 15 is 0 Å². The number of aryl methyl sites for hydroxylation is 2. The molecule has 0 aliphatic carbocycles. The Morgan fingerprint density at radius 1 is 1.32 bits per heavy atom. The van der Waals surface area contributed by atoms with Crippen LogP contribution in [0.3, 0.4) is 0 Å². The summed E-state index contributed by atoms with van der Waals surface area (Å²) in [6, 6.07) is 5.89. The molecule has 1 aliphatic rings. The van der Waals surface area contributed by atoms with Crippen molar-refractivity contribution in [1.29, 1.82) is 0 Å². The Bertz CT molecular complexity index is 1080. The summed E-state index contributed by atoms with van der Waals surface area (Å²) in [6.07, 6.45) is 9.69. The summed E-state index contributed by atoms with van der Waals surface area (Å²) < 4.78 is 0. The first-order valence-electron chi connectivity index (χ1n) is 10.5. The minimum atomic E-state index is 0.0472. The Balaban J connectivity index is 1.36. The highest BCUT2D eigenvalue weighted by molar-refractivity contribution is 7.09. The molecule has 1 atom stereocenters. The van der Waals surface area contributed by atoms with E-state index in [1.165, 1.54) is 0 Å². The second-order valence-electron chi connectivity index (χ2n) is 7.81. The summed E-state index contributed by atoms with van der Waals surface area (Å²) in [5.41, 5.74) is 2.87. The third-order valence-electron chi connectivity index (χ3n) is 5.34. The van der Waals surface area contributed by atoms with Crippen LogP contribution in [0.4, 0.5) is 11.6 Å². The normalized spacial score (nSPS) is 16.6. The molecule has 0 bridgehead atoms. The van der Waals surface area contributed by atoms with E-state index in [2.05, 4.69) is 25.3 Å². The molecule has 1 unspecified atom stereocenters. The molecule has 4 rings (SSSR count). The van der Waals surface area contributed by atoms with Gasteiger partial charge in [-0.3, -0.25) is 4.79 Å². The van der Waals surface area contributed by atoms with Crippen molar-refractivity contribution in [2.24, 2.45) is 5.92 Å². The molecule has 0 radical (unpaired) electrons. The van der Waals surface area contributed by atoms with Crippen molar-refractivity contribution in [3.8, 4) is 0 Å². The number of rotatable bonds is 6. The number of carbonyl (C=O) groups is 1. The molecular formula is C23H26N6OS. The number of amides is 1. The van der Waals surface area contributed by atoms with Gasteiger partial charge in [0, 0.05) is 42.5 Å². The average molecular weight is 435 g/mol. The van der Waals surface area contributed by atoms with Gasteiger partial charge in [-0.05, 0) is 56.7 Å². The molecule has 0 aromatic carbocycles. The molecule has 1 fully saturated rings. The molecule has 160 valence electrons. The number of carbonyl (C=O) groups excluding carboxylic acids is 1. The Labute approximate surface area is 186 Å². The number of likely N-dealkylation sites (tertiary alicyclic amines) is 1. The van der Waals surface area contributed by atoms with Crippen molar-refractivity contribution in [3.05, 3.63) is 64.1 Å². The van der Waals surface area contributed by atoms with Crippen molar-refractivity contribution in [2.45, 2.75) is 33.1 Å². The Kier molecular flexibility index (Phi) is 6.66. The number of piperidine rings is 1. The predicted molar refractivity (Wildman–Crippen MR) is 123 cm³/mol. The molecule has 8 heteroatoms. The molecule has 3 aromatic rings. The Morgan fingerprint density at radius 3 is 3.03 bits per heavy atom. The van der Waals surface area contributed by atoms with Crippen LogP contribution in [0.1, 0.15) is 34.8 Å². The summed E-state index contributed by atoms with van der Waals surface area (Å²) in [4.78, 5) is 32.1. The number of aromatic nitrogens is 4. The highest BCUT2D eigenvalue weighted by atomic mass is 32.1. The topological polar surface area (TPSA) is 83.9 Å². The number of nitrogens with one attached hydrogen (secondary N) is 1. The first kappa shape index (κ1) is 21.1. The van der Waals surface area contributed by atoms with E-state index in [9.17, 15) is 4.79 Å². The lowest BCUT2D eigenvalue weighted by Crippen LogP contribution is -2.39. The lowest BCUT2D eigenvalue weighted by Gasteiger charge is -2.32. The van der Waals surface area contributed by atoms with E-state index in [-0.39, 0.29) is 5.91 Å². The second kappa shape index (κ2) is 9.78. The molecule has 1 N–H and O–H groups in total. The molecule has 0 saturated carbocycles. The van der Waals surface area contributed by atoms with Gasteiger partial charge in [-0.15, -0.1) is 11.3 Å². The van der Waals surface area contributed by atoms with Crippen molar-refractivity contribution < 1.29 is 4.79 Å². The third-order valence-corrected chi connectivity index (χ3v) is 6.13. The van der Waals surface area contributed by atoms with Crippen LogP contribution in [-0.2, 0) is 11.2 Å². The zero-order chi connectivity index (χ0) is 21.6. The molecule has 1 saturated heterocycles. The first-order valence-corrected chi connectivity index (χ1v) is 11.3. The molecule has 0 spiro atoms. The van der Waals surface area contributed by atoms with Crippen molar-refractivity contribution in [1.82, 2.24) is 24.8 Å². The maximum absolute atomic E-state index is 12.6. The van der Waals surface area contributed by atoms with Crippen molar-refractivity contribution in [3.63, 3.8) is 0 Å². The van der Waals surface area contributed by atoms with Gasteiger partial charge in [-0.1, -0.05) is 6.07 Å². The van der Waals surface area contributed by atoms with E-state index in [0.717, 1.165) is 65.9 Å². The second-order valence-corrected chi connectivity index (χ2v) is 8.87. The van der Waals surface area contributed by atoms with Gasteiger partial charge < -0.3 is 10.2 Å². The standard InChI is InChI=1S/C23H26N6OS/c1-16-5-3-9-24-23(16)28-21-12-20(25-15-26-21)11-18-6-4-10-29(13-18)22(30)8-7-19-14-31-17(2)27-19/h3,5,7-9,12,14-15,18H,4,6,10-11,13H2,1-2H3,(H,24,25,26,28)/b8-7+. The average Bonchev–Trinajstić information content (AvgIpc) is 3.19. The van der Waals surface area contributed by atoms with E-state index < -0.39 is 0 Å². The number of pyridine rings is 1. The van der Waals surface area contributed by atoms with Crippen molar-refractivity contribution >= 4 is 35.0 Å². The van der Waals surface area contributed by atoms with Gasteiger partial charge in [-0.25, -0.2) is 19.9 Å². The third kappa shape index (κ3) is 5.73. The van der Waals surface area contributed by atoms with Crippen LogP contribution in [0.15, 0.2) is 42.2 Å². The highest BCUT2D eigenvalue weighted by Crippen LogP contribution is 2.22. The number of anilines is 2. The van der Waals surface area contributed by atoms with Crippen LogP contribution >= 0.6 is 11.3 Å². The van der Waals surface area contributed by atoms with Crippen LogP contribution in [0.2, 0.25) is 0 Å². The summed E-state index contributed by atoms with van der Waals surface area (Å²) in [7, 11) is 0. The van der Waals surface area contributed by atoms with E-state index in [4.69, 9.17) is 0 Å². The van der Waals surface area contributed by atoms with Crippen LogP contribution in [-0.4, -0.2) is 43.8 Å². The quantitative estimate of drug-likeness (QED) is 0.586. The number of hydrogen-bond acceptors (Lipinski definition) is 7. The SMILES string of the molecule is Cc1nc(/C=C/C(=O)N2CCCC(Cc3cc(Nc4ncccc4C)ncn3)C2)cs1. The summed E-state index contributed by atoms with van der Waals surface area (Å²) in [5.74, 6) is 1.96. The summed E-state index contributed by atoms with van der Waals surface area (Å²) in [6.45, 7) is 5.51. The number of nitrogens with zero attached hydrogens (tertiary/aromatic N) is 5. The lowest BCUT2D eigenvalue weighted by molar-refractivity contribution is -0.127. The summed E-state index contributed by atoms with van der Waals surface area (Å²) in [5, 5.41) is 6.24. The van der Waals surface area contributed by atoms with Crippen LogP contribution in [0.25, 0.3) is 6.08 Å². The fourth-order valence-corrected chi connectivity index (χ4v) is 4.34. The van der Waals surface area contributed by atoms with Crippen molar-refractivity contribution in [2.75, 3.05) is 18.4 Å². The van der Waals surface area contributed by atoms with Crippen LogP contribution < -0.4 is 5.32 Å². The largest absolute Gasteiger partial charge is 0.339 e. The van der Waals surface area contributed by atoms with Crippen LogP contribution in [0.5, 0.6) is 0 Å². The smallest absolute Gasteiger partial charge is 0.246 e. The predicted octanol–water partition coefficient (Wildman–Crippen LogP) is 4.18. The maximum atomic E-state index is 12.6. The summed E-state index contributed by atoms with van der Waals surface area (Å²) >= 11 is 1.59. The fourth-order valence-electron chi connectivity index (χ4n) is 3.76. The highest BCUT2D eigenvalue weighted by Gasteiger charge is 2.23. The zero-order valence-electron chi connectivity index (χ0n) is 17.8. The monoisotopic (exact) mass is 434 g/mol. The van der Waals surface area contributed by atoms with E-state index in [0.29, 0.717) is 5.92 Å². The van der Waals surface area contributed by atoms with E-state index in [1.807, 2.05) is 42.3 Å². The molecule has 4 heterocycles. The first-order chi connectivity index (χ1) is 15.1. The van der Waals surface area contributed by atoms with E-state index in [1.54, 1.807) is 36.0 Å². The molecule has 31 heavy (non-hydrogen) atoms. The fraction of sp³-hybridized carbons (Fsp3) is 0.348. The zero-order valence-corrected chi connectivity index (χ0v) is 18.6. The minimum absolute atomic E-state index is 0.0472. The Morgan fingerprint density at radius 2 is 2.23 bits per heavy atom.